The van der Waals surface area contributed by atoms with Crippen molar-refractivity contribution in [3.05, 3.63) is 57.7 Å². The van der Waals surface area contributed by atoms with E-state index in [1.54, 1.807) is 12.4 Å². The summed E-state index contributed by atoms with van der Waals surface area (Å²) in [5, 5.41) is 1.89. The lowest BCUT2D eigenvalue weighted by Gasteiger charge is -2.09. The fraction of sp³-hybridized carbons (Fsp3) is 0. The summed E-state index contributed by atoms with van der Waals surface area (Å²) in [6.45, 7) is 0. The Bertz CT molecular complexity index is 1180. The van der Waals surface area contributed by atoms with Crippen LogP contribution < -0.4 is 0 Å². The molecule has 0 saturated carbocycles. The molecule has 0 saturated heterocycles. The van der Waals surface area contributed by atoms with Crippen LogP contribution in [0.15, 0.2) is 57.7 Å². The lowest BCUT2D eigenvalue weighted by molar-refractivity contribution is 1.34. The van der Waals surface area contributed by atoms with Gasteiger partial charge in [-0.3, -0.25) is 9.97 Å². The van der Waals surface area contributed by atoms with Crippen LogP contribution >= 0.6 is 31.9 Å². The Hall–Kier alpha value is -2.18. The molecule has 0 unspecified atom stereocenters. The van der Waals surface area contributed by atoms with Gasteiger partial charge >= 0.3 is 0 Å². The number of rotatable bonds is 0. The molecular weight excluding hydrogens is 432 g/mol. The summed E-state index contributed by atoms with van der Waals surface area (Å²) < 4.78 is 1.81. The van der Waals surface area contributed by atoms with Crippen LogP contribution in [-0.2, 0) is 0 Å². The Morgan fingerprint density at radius 1 is 0.625 bits per heavy atom. The molecule has 3 heterocycles. The Morgan fingerprint density at radius 2 is 1.08 bits per heavy atom. The number of aromatic nitrogens is 4. The van der Waals surface area contributed by atoms with E-state index < -0.39 is 0 Å². The van der Waals surface area contributed by atoms with Crippen molar-refractivity contribution < 1.29 is 0 Å². The van der Waals surface area contributed by atoms with Crippen molar-refractivity contribution in [2.24, 2.45) is 0 Å². The maximum atomic E-state index is 4.86. The average molecular weight is 440 g/mol. The Labute approximate surface area is 153 Å². The lowest BCUT2D eigenvalue weighted by atomic mass is 10.1. The highest BCUT2D eigenvalue weighted by atomic mass is 79.9. The standard InChI is InChI=1S/C18H8Br2N4/c19-9-5-11-15(21-7-9)16-12(6-10(20)8-22-16)18-17(11)23-13-3-1-2-4-14(13)24-18/h1-8H. The molecule has 6 heteroatoms. The second kappa shape index (κ2) is 5.16. The summed E-state index contributed by atoms with van der Waals surface area (Å²) in [7, 11) is 0. The van der Waals surface area contributed by atoms with E-state index in [0.717, 1.165) is 52.8 Å². The Balaban J connectivity index is 2.15. The third kappa shape index (κ3) is 2.03. The largest absolute Gasteiger partial charge is 0.253 e. The van der Waals surface area contributed by atoms with Gasteiger partial charge in [-0.25, -0.2) is 9.97 Å². The quantitative estimate of drug-likeness (QED) is 0.239. The fourth-order valence-corrected chi connectivity index (χ4v) is 3.66. The van der Waals surface area contributed by atoms with E-state index in [9.17, 15) is 0 Å². The smallest absolute Gasteiger partial charge is 0.0996 e. The van der Waals surface area contributed by atoms with Crippen LogP contribution in [0.3, 0.4) is 0 Å². The summed E-state index contributed by atoms with van der Waals surface area (Å²) in [6.07, 6.45) is 3.57. The van der Waals surface area contributed by atoms with Crippen LogP contribution in [0.5, 0.6) is 0 Å². The number of para-hydroxylation sites is 2. The molecule has 0 aliphatic carbocycles. The number of nitrogens with zero attached hydrogens (tertiary/aromatic N) is 4. The Morgan fingerprint density at radius 3 is 1.54 bits per heavy atom. The molecule has 114 valence electrons. The van der Waals surface area contributed by atoms with Crippen molar-refractivity contribution in [1.29, 1.82) is 0 Å². The van der Waals surface area contributed by atoms with E-state index in [1.165, 1.54) is 0 Å². The molecule has 2 aromatic carbocycles. The summed E-state index contributed by atoms with van der Waals surface area (Å²) in [6, 6.07) is 11.9. The normalized spacial score (nSPS) is 11.8. The average Bonchev–Trinajstić information content (AvgIpc) is 2.60. The van der Waals surface area contributed by atoms with Gasteiger partial charge in [-0.1, -0.05) is 12.1 Å². The summed E-state index contributed by atoms with van der Waals surface area (Å²) >= 11 is 7.01. The minimum absolute atomic E-state index is 0.831. The van der Waals surface area contributed by atoms with Crippen LogP contribution in [0, 0.1) is 0 Å². The fourth-order valence-electron chi connectivity index (χ4n) is 2.99. The second-order valence-corrected chi connectivity index (χ2v) is 7.34. The van der Waals surface area contributed by atoms with Crippen molar-refractivity contribution in [1.82, 2.24) is 19.9 Å². The lowest BCUT2D eigenvalue weighted by Crippen LogP contribution is -1.94. The number of fused-ring (bicyclic) bond motifs is 7. The first kappa shape index (κ1) is 14.2. The highest BCUT2D eigenvalue weighted by Gasteiger charge is 2.14. The first-order chi connectivity index (χ1) is 11.7. The SMILES string of the molecule is Brc1cnc2c(c1)c1nc3ccccc3nc1c1cc(Br)cnc12. The zero-order valence-corrected chi connectivity index (χ0v) is 15.3. The summed E-state index contributed by atoms with van der Waals surface area (Å²) in [4.78, 5) is 18.9. The number of hydrogen-bond acceptors (Lipinski definition) is 4. The predicted molar refractivity (Wildman–Crippen MR) is 103 cm³/mol. The molecule has 0 bridgehead atoms. The van der Waals surface area contributed by atoms with Crippen molar-refractivity contribution >= 4 is 75.7 Å². The van der Waals surface area contributed by atoms with Gasteiger partial charge in [-0.15, -0.1) is 0 Å². The minimum Gasteiger partial charge on any atom is -0.253 e. The monoisotopic (exact) mass is 438 g/mol. The number of hydrogen-bond donors (Lipinski definition) is 0. The van der Waals surface area contributed by atoms with Gasteiger partial charge in [0.2, 0.25) is 0 Å². The molecule has 3 aromatic heterocycles. The molecule has 0 N–H and O–H groups in total. The third-order valence-corrected chi connectivity index (χ3v) is 4.88. The van der Waals surface area contributed by atoms with Gasteiger partial charge in [0, 0.05) is 32.1 Å². The first-order valence-corrected chi connectivity index (χ1v) is 8.88. The molecular formula is C18H8Br2N4. The molecule has 5 rings (SSSR count). The zero-order valence-electron chi connectivity index (χ0n) is 12.2. The number of pyridine rings is 2. The van der Waals surface area contributed by atoms with E-state index in [4.69, 9.17) is 9.97 Å². The molecule has 0 fully saturated rings. The molecule has 0 amide bonds. The van der Waals surface area contributed by atoms with E-state index in [1.807, 2.05) is 36.4 Å². The van der Waals surface area contributed by atoms with Crippen LogP contribution in [0.1, 0.15) is 0 Å². The van der Waals surface area contributed by atoms with Crippen LogP contribution in [0.4, 0.5) is 0 Å². The third-order valence-electron chi connectivity index (χ3n) is 4.01. The Kier molecular flexibility index (Phi) is 3.05. The minimum atomic E-state index is 0.831. The summed E-state index contributed by atoms with van der Waals surface area (Å²) in [5.41, 5.74) is 5.08. The molecule has 0 aliphatic heterocycles. The maximum Gasteiger partial charge on any atom is 0.0996 e. The van der Waals surface area contributed by atoms with Crippen LogP contribution in [-0.4, -0.2) is 19.9 Å². The van der Waals surface area contributed by atoms with Gasteiger partial charge in [0.25, 0.3) is 0 Å². The summed E-state index contributed by atoms with van der Waals surface area (Å²) in [5.74, 6) is 0. The molecule has 0 spiro atoms. The van der Waals surface area contributed by atoms with Crippen LogP contribution in [0.2, 0.25) is 0 Å². The van der Waals surface area contributed by atoms with Gasteiger partial charge in [-0.05, 0) is 56.1 Å². The van der Waals surface area contributed by atoms with Gasteiger partial charge in [0.1, 0.15) is 0 Å². The van der Waals surface area contributed by atoms with Gasteiger partial charge in [0.15, 0.2) is 0 Å². The van der Waals surface area contributed by atoms with Crippen molar-refractivity contribution in [2.75, 3.05) is 0 Å². The van der Waals surface area contributed by atoms with Crippen molar-refractivity contribution in [2.45, 2.75) is 0 Å². The van der Waals surface area contributed by atoms with E-state index in [0.29, 0.717) is 0 Å². The van der Waals surface area contributed by atoms with Gasteiger partial charge < -0.3 is 0 Å². The van der Waals surface area contributed by atoms with Crippen molar-refractivity contribution in [3.63, 3.8) is 0 Å². The second-order valence-electron chi connectivity index (χ2n) is 5.51. The topological polar surface area (TPSA) is 51.6 Å². The number of halogens is 2. The van der Waals surface area contributed by atoms with E-state index in [-0.39, 0.29) is 0 Å². The molecule has 0 aliphatic rings. The molecule has 24 heavy (non-hydrogen) atoms. The van der Waals surface area contributed by atoms with E-state index in [2.05, 4.69) is 41.8 Å². The highest BCUT2D eigenvalue weighted by molar-refractivity contribution is 9.10. The van der Waals surface area contributed by atoms with Crippen molar-refractivity contribution in [3.8, 4) is 0 Å². The first-order valence-electron chi connectivity index (χ1n) is 7.30. The molecule has 0 atom stereocenters. The molecule has 5 aromatic rings. The maximum absolute atomic E-state index is 4.86. The zero-order chi connectivity index (χ0) is 16.3. The highest BCUT2D eigenvalue weighted by Crippen LogP contribution is 2.34. The van der Waals surface area contributed by atoms with Gasteiger partial charge in [0.05, 0.1) is 33.1 Å². The van der Waals surface area contributed by atoms with Gasteiger partial charge in [-0.2, -0.15) is 0 Å². The predicted octanol–water partition coefficient (Wildman–Crippen LogP) is 5.40. The molecule has 0 radical (unpaired) electrons. The van der Waals surface area contributed by atoms with E-state index >= 15 is 0 Å². The van der Waals surface area contributed by atoms with Crippen LogP contribution in [0.25, 0.3) is 43.9 Å². The number of benzene rings is 2. The molecule has 4 nitrogen and oxygen atoms in total.